The van der Waals surface area contributed by atoms with Crippen molar-refractivity contribution >= 4 is 11.9 Å². The summed E-state index contributed by atoms with van der Waals surface area (Å²) >= 11 is 0. The van der Waals surface area contributed by atoms with Gasteiger partial charge in [0.05, 0.1) is 0 Å². The number of piperidine rings is 1. The molecule has 1 saturated heterocycles. The van der Waals surface area contributed by atoms with Crippen molar-refractivity contribution in [1.29, 1.82) is 0 Å². The number of aliphatic carboxylic acids is 1. The van der Waals surface area contributed by atoms with E-state index >= 15 is 0 Å². The molecular weight excluding hydrogens is 220 g/mol. The minimum atomic E-state index is -0.744. The molecular formula is C12H22N2O3. The number of nitrogens with one attached hydrogen (secondary N) is 1. The average molecular weight is 242 g/mol. The van der Waals surface area contributed by atoms with Crippen LogP contribution in [0.4, 0.5) is 0 Å². The average Bonchev–Trinajstić information content (AvgIpc) is 2.28. The number of nitrogens with zero attached hydrogens (tertiary/aromatic N) is 1. The number of hydrogen-bond donors (Lipinski definition) is 2. The maximum Gasteiger partial charge on any atom is 0.320 e. The van der Waals surface area contributed by atoms with Crippen molar-refractivity contribution in [3.63, 3.8) is 0 Å². The Hall–Kier alpha value is -1.10. The minimum Gasteiger partial charge on any atom is -0.480 e. The Morgan fingerprint density at radius 1 is 1.47 bits per heavy atom. The van der Waals surface area contributed by atoms with Gasteiger partial charge < -0.3 is 10.4 Å². The smallest absolute Gasteiger partial charge is 0.320 e. The molecule has 1 rings (SSSR count). The summed E-state index contributed by atoms with van der Waals surface area (Å²) in [6.45, 7) is 5.53. The third-order valence-corrected chi connectivity index (χ3v) is 3.46. The first-order valence-corrected chi connectivity index (χ1v) is 6.25. The predicted octanol–water partition coefficient (Wildman–Crippen LogP) is 0.698. The molecule has 1 aliphatic heterocycles. The Morgan fingerprint density at radius 3 is 2.71 bits per heavy atom. The zero-order valence-electron chi connectivity index (χ0n) is 10.6. The lowest BCUT2D eigenvalue weighted by atomic mass is 9.89. The minimum absolute atomic E-state index is 0.0691. The van der Waals surface area contributed by atoms with Gasteiger partial charge in [-0.05, 0) is 25.3 Å². The Balaban J connectivity index is 2.46. The van der Waals surface area contributed by atoms with Crippen LogP contribution in [0, 0.1) is 5.92 Å². The molecule has 2 unspecified atom stereocenters. The van der Waals surface area contributed by atoms with E-state index in [1.807, 2.05) is 4.90 Å². The molecule has 1 amide bonds. The Labute approximate surface area is 102 Å². The molecule has 5 nitrogen and oxygen atoms in total. The van der Waals surface area contributed by atoms with Gasteiger partial charge in [-0.2, -0.15) is 0 Å². The Kier molecular flexibility index (Phi) is 5.41. The molecule has 0 aromatic carbocycles. The van der Waals surface area contributed by atoms with Gasteiger partial charge in [-0.15, -0.1) is 0 Å². The van der Waals surface area contributed by atoms with E-state index in [0.29, 0.717) is 19.0 Å². The molecule has 0 radical (unpaired) electrons. The van der Waals surface area contributed by atoms with Gasteiger partial charge in [-0.25, -0.2) is 0 Å². The second-order valence-corrected chi connectivity index (χ2v) is 4.67. The van der Waals surface area contributed by atoms with E-state index in [2.05, 4.69) is 12.2 Å². The van der Waals surface area contributed by atoms with E-state index in [1.54, 1.807) is 0 Å². The van der Waals surface area contributed by atoms with Crippen molar-refractivity contribution < 1.29 is 14.7 Å². The fourth-order valence-corrected chi connectivity index (χ4v) is 2.36. The van der Waals surface area contributed by atoms with Crippen LogP contribution < -0.4 is 5.32 Å². The van der Waals surface area contributed by atoms with Crippen LogP contribution >= 0.6 is 0 Å². The van der Waals surface area contributed by atoms with Crippen molar-refractivity contribution in [1.82, 2.24) is 10.2 Å². The van der Waals surface area contributed by atoms with Crippen LogP contribution in [0.5, 0.6) is 0 Å². The largest absolute Gasteiger partial charge is 0.480 e. The van der Waals surface area contributed by atoms with E-state index in [4.69, 9.17) is 0 Å². The highest BCUT2D eigenvalue weighted by atomic mass is 16.4. The van der Waals surface area contributed by atoms with E-state index in [0.717, 1.165) is 25.8 Å². The highest BCUT2D eigenvalue weighted by Crippen LogP contribution is 2.25. The lowest BCUT2D eigenvalue weighted by Gasteiger charge is -2.36. The maximum absolute atomic E-state index is 11.2. The SMILES string of the molecule is CCC1CCN(CCNC(C)=O)C(C(=O)O)C1. The van der Waals surface area contributed by atoms with E-state index in [-0.39, 0.29) is 11.9 Å². The second kappa shape index (κ2) is 6.59. The molecule has 2 N–H and O–H groups in total. The van der Waals surface area contributed by atoms with Crippen LogP contribution in [-0.2, 0) is 9.59 Å². The van der Waals surface area contributed by atoms with Crippen molar-refractivity contribution in [2.45, 2.75) is 39.2 Å². The van der Waals surface area contributed by atoms with Gasteiger partial charge in [0, 0.05) is 20.0 Å². The summed E-state index contributed by atoms with van der Waals surface area (Å²) in [5.74, 6) is -0.292. The van der Waals surface area contributed by atoms with Gasteiger partial charge in [0.15, 0.2) is 0 Å². The summed E-state index contributed by atoms with van der Waals surface area (Å²) in [7, 11) is 0. The topological polar surface area (TPSA) is 69.6 Å². The molecule has 2 atom stereocenters. The number of amides is 1. The van der Waals surface area contributed by atoms with E-state index < -0.39 is 5.97 Å². The normalized spacial score (nSPS) is 25.5. The van der Waals surface area contributed by atoms with Crippen molar-refractivity contribution in [3.05, 3.63) is 0 Å². The first kappa shape index (κ1) is 14.0. The summed E-state index contributed by atoms with van der Waals surface area (Å²) < 4.78 is 0. The Bertz CT molecular complexity index is 281. The quantitative estimate of drug-likeness (QED) is 0.744. The third-order valence-electron chi connectivity index (χ3n) is 3.46. The molecule has 0 saturated carbocycles. The number of rotatable bonds is 5. The predicted molar refractivity (Wildman–Crippen MR) is 64.7 cm³/mol. The van der Waals surface area contributed by atoms with Gasteiger partial charge in [0.1, 0.15) is 6.04 Å². The van der Waals surface area contributed by atoms with Crippen molar-refractivity contribution in [3.8, 4) is 0 Å². The van der Waals surface area contributed by atoms with E-state index in [1.165, 1.54) is 6.92 Å². The van der Waals surface area contributed by atoms with Crippen molar-refractivity contribution in [2.24, 2.45) is 5.92 Å². The van der Waals surface area contributed by atoms with Crippen LogP contribution in [-0.4, -0.2) is 47.6 Å². The lowest BCUT2D eigenvalue weighted by molar-refractivity contribution is -0.145. The van der Waals surface area contributed by atoms with Crippen LogP contribution in [0.3, 0.4) is 0 Å². The van der Waals surface area contributed by atoms with Crippen LogP contribution in [0.25, 0.3) is 0 Å². The summed E-state index contributed by atoms with van der Waals surface area (Å²) in [4.78, 5) is 23.9. The zero-order chi connectivity index (χ0) is 12.8. The van der Waals surface area contributed by atoms with Gasteiger partial charge in [0.2, 0.25) is 5.91 Å². The fourth-order valence-electron chi connectivity index (χ4n) is 2.36. The monoisotopic (exact) mass is 242 g/mol. The molecule has 1 aliphatic rings. The fraction of sp³-hybridized carbons (Fsp3) is 0.833. The number of carboxylic acids is 1. The van der Waals surface area contributed by atoms with Crippen LogP contribution in [0.15, 0.2) is 0 Å². The summed E-state index contributed by atoms with van der Waals surface area (Å²) in [5.41, 5.74) is 0. The first-order chi connectivity index (χ1) is 8.04. The highest BCUT2D eigenvalue weighted by molar-refractivity contribution is 5.74. The number of carbonyl (C=O) groups excluding carboxylic acids is 1. The lowest BCUT2D eigenvalue weighted by Crippen LogP contribution is -2.49. The molecule has 17 heavy (non-hydrogen) atoms. The number of carboxylic acid groups (broad SMARTS) is 1. The standard InChI is InChI=1S/C12H22N2O3/c1-3-10-4-6-14(7-5-13-9(2)15)11(8-10)12(16)17/h10-11H,3-8H2,1-2H3,(H,13,15)(H,16,17). The molecule has 98 valence electrons. The second-order valence-electron chi connectivity index (χ2n) is 4.67. The number of carbonyl (C=O) groups is 2. The molecule has 1 heterocycles. The summed E-state index contributed by atoms with van der Waals surface area (Å²) in [6, 6.07) is -0.387. The molecule has 1 fully saturated rings. The zero-order valence-corrected chi connectivity index (χ0v) is 10.6. The number of hydrogen-bond acceptors (Lipinski definition) is 3. The van der Waals surface area contributed by atoms with Gasteiger partial charge in [0.25, 0.3) is 0 Å². The number of likely N-dealkylation sites (tertiary alicyclic amines) is 1. The summed E-state index contributed by atoms with van der Waals surface area (Å²) in [5, 5.41) is 11.9. The first-order valence-electron chi connectivity index (χ1n) is 6.25. The summed E-state index contributed by atoms with van der Waals surface area (Å²) in [6.07, 6.45) is 2.83. The highest BCUT2D eigenvalue weighted by Gasteiger charge is 2.32. The van der Waals surface area contributed by atoms with Crippen LogP contribution in [0.1, 0.15) is 33.1 Å². The maximum atomic E-state index is 11.2. The van der Waals surface area contributed by atoms with Gasteiger partial charge in [-0.3, -0.25) is 14.5 Å². The van der Waals surface area contributed by atoms with Gasteiger partial charge in [-0.1, -0.05) is 13.3 Å². The molecule has 0 bridgehead atoms. The van der Waals surface area contributed by atoms with Crippen LogP contribution in [0.2, 0.25) is 0 Å². The molecule has 0 aromatic heterocycles. The van der Waals surface area contributed by atoms with Gasteiger partial charge >= 0.3 is 5.97 Å². The molecule has 0 spiro atoms. The molecule has 0 aliphatic carbocycles. The van der Waals surface area contributed by atoms with Crippen molar-refractivity contribution in [2.75, 3.05) is 19.6 Å². The Morgan fingerprint density at radius 2 is 2.18 bits per heavy atom. The molecule has 5 heteroatoms. The molecule has 0 aromatic rings. The third kappa shape index (κ3) is 4.34. The van der Waals surface area contributed by atoms with E-state index in [9.17, 15) is 14.7 Å².